The van der Waals surface area contributed by atoms with Crippen molar-refractivity contribution in [2.45, 2.75) is 18.5 Å². The van der Waals surface area contributed by atoms with Crippen LogP contribution in [0.1, 0.15) is 45.5 Å². The summed E-state index contributed by atoms with van der Waals surface area (Å²) in [4.78, 5) is 18.1. The Hall–Kier alpha value is -7.00. The predicted octanol–water partition coefficient (Wildman–Crippen LogP) is 8.99. The van der Waals surface area contributed by atoms with E-state index in [0.717, 1.165) is 38.6 Å². The number of nitrogens with zero attached hydrogens (tertiary/aromatic N) is 4. The van der Waals surface area contributed by atoms with Gasteiger partial charge in [0.15, 0.2) is 0 Å². The number of benzene rings is 4. The third kappa shape index (κ3) is 6.75. The second-order valence-corrected chi connectivity index (χ2v) is 12.7. The molecule has 0 aliphatic carbocycles. The van der Waals surface area contributed by atoms with Crippen molar-refractivity contribution in [3.63, 3.8) is 0 Å². The Labute approximate surface area is 306 Å². The lowest BCUT2D eigenvalue weighted by Crippen LogP contribution is -2.16. The molecular weight excluding hydrogens is 661 g/mol. The monoisotopic (exact) mass is 696 g/mol. The maximum Gasteiger partial charge on any atom is 0.147 e. The molecule has 0 aliphatic heterocycles. The fourth-order valence-corrected chi connectivity index (χ4v) is 6.90. The van der Waals surface area contributed by atoms with Gasteiger partial charge in [-0.3, -0.25) is 9.97 Å². The highest BCUT2D eigenvalue weighted by Crippen LogP contribution is 2.42. The van der Waals surface area contributed by atoms with Crippen LogP contribution in [-0.4, -0.2) is 37.3 Å². The summed E-state index contributed by atoms with van der Waals surface area (Å²) in [5.41, 5.74) is 6.17. The van der Waals surface area contributed by atoms with Crippen LogP contribution >= 0.6 is 0 Å². The van der Waals surface area contributed by atoms with Crippen LogP contribution in [0.2, 0.25) is 0 Å². The van der Waals surface area contributed by atoms with E-state index in [1.807, 2.05) is 109 Å². The number of phenols is 2. The zero-order valence-corrected chi connectivity index (χ0v) is 28.9. The fraction of sp³-hybridized carbons (Fsp3) is 0.0909. The third-order valence-electron chi connectivity index (χ3n) is 9.43. The van der Waals surface area contributed by atoms with E-state index in [1.54, 1.807) is 31.9 Å². The van der Waals surface area contributed by atoms with Crippen molar-refractivity contribution < 1.29 is 14.9 Å². The first-order valence-corrected chi connectivity index (χ1v) is 17.3. The Morgan fingerprint density at radius 1 is 0.585 bits per heavy atom. The molecule has 4 N–H and O–H groups in total. The van der Waals surface area contributed by atoms with Crippen LogP contribution in [0.3, 0.4) is 0 Å². The molecule has 0 bridgehead atoms. The van der Waals surface area contributed by atoms with Crippen molar-refractivity contribution in [1.29, 1.82) is 0 Å². The number of hydrogen-bond acceptors (Lipinski definition) is 9. The molecule has 260 valence electrons. The molecule has 0 aliphatic rings. The highest BCUT2D eigenvalue weighted by atomic mass is 16.5. The number of fused-ring (bicyclic) bond motifs is 2. The lowest BCUT2D eigenvalue weighted by Gasteiger charge is -2.25. The van der Waals surface area contributed by atoms with Crippen LogP contribution in [0.15, 0.2) is 152 Å². The van der Waals surface area contributed by atoms with Gasteiger partial charge in [0.25, 0.3) is 0 Å². The van der Waals surface area contributed by atoms with Crippen molar-refractivity contribution in [3.05, 3.63) is 186 Å². The molecule has 2 atom stereocenters. The highest BCUT2D eigenvalue weighted by Gasteiger charge is 2.26. The van der Waals surface area contributed by atoms with E-state index in [9.17, 15) is 10.2 Å². The van der Waals surface area contributed by atoms with Gasteiger partial charge in [-0.05, 0) is 83.3 Å². The van der Waals surface area contributed by atoms with Crippen LogP contribution in [0, 0.1) is 0 Å². The van der Waals surface area contributed by atoms with Crippen LogP contribution in [-0.2, 0) is 6.42 Å². The van der Waals surface area contributed by atoms with Crippen molar-refractivity contribution >= 4 is 33.4 Å². The van der Waals surface area contributed by atoms with Crippen LogP contribution in [0.5, 0.6) is 17.2 Å². The molecule has 0 spiro atoms. The molecule has 8 aromatic rings. The minimum absolute atomic E-state index is 0.0659. The van der Waals surface area contributed by atoms with Gasteiger partial charge in [0.1, 0.15) is 39.9 Å². The molecule has 0 radical (unpaired) electrons. The molecule has 2 unspecified atom stereocenters. The Morgan fingerprint density at radius 3 is 1.89 bits per heavy atom. The number of anilines is 2. The number of aromatic hydroxyl groups is 2. The zero-order valence-electron chi connectivity index (χ0n) is 28.9. The van der Waals surface area contributed by atoms with Gasteiger partial charge in [-0.25, -0.2) is 9.97 Å². The summed E-state index contributed by atoms with van der Waals surface area (Å²) in [6, 6.07) is 40.3. The maximum atomic E-state index is 12.0. The number of nitrogens with one attached hydrogen (secondary N) is 2. The molecule has 8 rings (SSSR count). The van der Waals surface area contributed by atoms with Crippen LogP contribution < -0.4 is 15.4 Å². The molecule has 4 heterocycles. The molecule has 0 saturated carbocycles. The molecular formula is C44H36N6O3. The second kappa shape index (κ2) is 14.7. The summed E-state index contributed by atoms with van der Waals surface area (Å²) >= 11 is 0. The smallest absolute Gasteiger partial charge is 0.147 e. The lowest BCUT2D eigenvalue weighted by atomic mass is 9.88. The first-order chi connectivity index (χ1) is 26.1. The summed E-state index contributed by atoms with van der Waals surface area (Å²) in [5.74, 6) is 2.14. The lowest BCUT2D eigenvalue weighted by molar-refractivity contribution is 0.416. The average Bonchev–Trinajstić information content (AvgIpc) is 3.21. The van der Waals surface area contributed by atoms with Crippen molar-refractivity contribution in [2.75, 3.05) is 17.7 Å². The number of hydrogen-bond donors (Lipinski definition) is 4. The number of phenolic OH excluding ortho intramolecular Hbond substituents is 2. The first-order valence-electron chi connectivity index (χ1n) is 17.3. The third-order valence-corrected chi connectivity index (χ3v) is 9.43. The topological polar surface area (TPSA) is 125 Å². The SMILES string of the molecule is COc1cc(C(Nc2ccccn2)c2ccc(Cc3cc4cccnc4c(O)c3C(Nc3ccccn3)c3ccccc3)cc2)c(O)c2ncccc12. The maximum absolute atomic E-state index is 12.0. The molecule has 0 fully saturated rings. The largest absolute Gasteiger partial charge is 0.505 e. The summed E-state index contributed by atoms with van der Waals surface area (Å²) in [6.45, 7) is 0. The normalized spacial score (nSPS) is 12.3. The van der Waals surface area contributed by atoms with Gasteiger partial charge in [0, 0.05) is 46.7 Å². The van der Waals surface area contributed by atoms with Crippen molar-refractivity contribution in [3.8, 4) is 17.2 Å². The van der Waals surface area contributed by atoms with E-state index in [-0.39, 0.29) is 11.5 Å². The van der Waals surface area contributed by atoms with Crippen molar-refractivity contribution in [1.82, 2.24) is 19.9 Å². The van der Waals surface area contributed by atoms with E-state index in [1.165, 1.54) is 0 Å². The molecule has 4 aromatic heterocycles. The van der Waals surface area contributed by atoms with Gasteiger partial charge >= 0.3 is 0 Å². The van der Waals surface area contributed by atoms with Gasteiger partial charge < -0.3 is 25.6 Å². The number of methoxy groups -OCH3 is 1. The van der Waals surface area contributed by atoms with Gasteiger partial charge in [0.2, 0.25) is 0 Å². The van der Waals surface area contributed by atoms with Crippen molar-refractivity contribution in [2.24, 2.45) is 0 Å². The summed E-state index contributed by atoms with van der Waals surface area (Å²) < 4.78 is 5.76. The minimum Gasteiger partial charge on any atom is -0.505 e. The predicted molar refractivity (Wildman–Crippen MR) is 208 cm³/mol. The van der Waals surface area contributed by atoms with E-state index in [0.29, 0.717) is 40.4 Å². The number of rotatable bonds is 11. The van der Waals surface area contributed by atoms with E-state index >= 15 is 0 Å². The van der Waals surface area contributed by atoms with Crippen LogP contribution in [0.25, 0.3) is 21.8 Å². The Bertz CT molecular complexity index is 2500. The summed E-state index contributed by atoms with van der Waals surface area (Å²) in [6.07, 6.45) is 7.35. The first kappa shape index (κ1) is 33.2. The minimum atomic E-state index is -0.490. The highest BCUT2D eigenvalue weighted by molar-refractivity contribution is 5.91. The van der Waals surface area contributed by atoms with E-state index in [2.05, 4.69) is 48.8 Å². The Kier molecular flexibility index (Phi) is 9.19. The quantitative estimate of drug-likeness (QED) is 0.105. The van der Waals surface area contributed by atoms with E-state index in [4.69, 9.17) is 4.74 Å². The Balaban J connectivity index is 1.21. The summed E-state index contributed by atoms with van der Waals surface area (Å²) in [7, 11) is 1.61. The van der Waals surface area contributed by atoms with Gasteiger partial charge in [-0.1, -0.05) is 72.8 Å². The van der Waals surface area contributed by atoms with Gasteiger partial charge in [-0.2, -0.15) is 0 Å². The second-order valence-electron chi connectivity index (χ2n) is 12.7. The van der Waals surface area contributed by atoms with E-state index < -0.39 is 12.1 Å². The van der Waals surface area contributed by atoms with Gasteiger partial charge in [-0.15, -0.1) is 0 Å². The molecule has 9 nitrogen and oxygen atoms in total. The average molecular weight is 697 g/mol. The molecule has 53 heavy (non-hydrogen) atoms. The number of pyridine rings is 4. The van der Waals surface area contributed by atoms with Gasteiger partial charge in [0.05, 0.1) is 19.2 Å². The molecule has 0 amide bonds. The summed E-state index contributed by atoms with van der Waals surface area (Å²) in [5, 5.41) is 32.2. The standard InChI is InChI=1S/C44H36N6O3/c1-53-35-27-34(43(51)42-33(35)14-10-24-48-42)39(49-36-15-5-7-21-45-36)30-19-17-28(18-20-30)25-32-26-31-13-9-23-47-41(31)44(52)38(32)40(29-11-3-2-4-12-29)50-37-16-6-8-22-46-37/h2-24,26-27,39-40,51-52H,25H2,1H3,(H,45,49)(H,46,50). The molecule has 4 aromatic carbocycles. The molecule has 0 saturated heterocycles. The fourth-order valence-electron chi connectivity index (χ4n) is 6.90. The Morgan fingerprint density at radius 2 is 1.21 bits per heavy atom. The zero-order chi connectivity index (χ0) is 36.1. The number of ether oxygens (including phenoxy) is 1. The van der Waals surface area contributed by atoms with Crippen LogP contribution in [0.4, 0.5) is 11.6 Å². The number of aromatic nitrogens is 4. The molecule has 9 heteroatoms.